The molecule has 0 aliphatic rings. The summed E-state index contributed by atoms with van der Waals surface area (Å²) in [4.78, 5) is 14.0. The SMILES string of the molecule is CCN(CC)c1ccc(CCC(=O)OC(CS(=O)(=O)c2ccc(Cl)cc2)C(F)(F)F)c(C)c1. The molecule has 0 aliphatic carbocycles. The van der Waals surface area contributed by atoms with Gasteiger partial charge < -0.3 is 9.64 Å². The summed E-state index contributed by atoms with van der Waals surface area (Å²) in [5.74, 6) is -2.52. The van der Waals surface area contributed by atoms with E-state index < -0.39 is 33.8 Å². The van der Waals surface area contributed by atoms with Gasteiger partial charge in [-0.15, -0.1) is 0 Å². The van der Waals surface area contributed by atoms with Crippen molar-refractivity contribution < 1.29 is 31.1 Å². The fraction of sp³-hybridized carbons (Fsp3) is 0.435. The first kappa shape index (κ1) is 27.0. The van der Waals surface area contributed by atoms with E-state index in [1.54, 1.807) is 0 Å². The Morgan fingerprint density at radius 2 is 1.70 bits per heavy atom. The first-order chi connectivity index (χ1) is 15.4. The molecule has 0 spiro atoms. The number of aryl methyl sites for hydroxylation is 2. The van der Waals surface area contributed by atoms with Gasteiger partial charge in [-0.3, -0.25) is 4.79 Å². The van der Waals surface area contributed by atoms with Crippen LogP contribution >= 0.6 is 11.6 Å². The Bertz CT molecular complexity index is 1050. The molecular weight excluding hydrogens is 479 g/mol. The Hall–Kier alpha value is -2.26. The summed E-state index contributed by atoms with van der Waals surface area (Å²) in [5, 5.41) is 0.244. The third-order valence-electron chi connectivity index (χ3n) is 5.24. The number of hydrogen-bond acceptors (Lipinski definition) is 5. The van der Waals surface area contributed by atoms with Crippen LogP contribution in [0, 0.1) is 6.92 Å². The normalized spacial score (nSPS) is 12.9. The topological polar surface area (TPSA) is 63.7 Å². The van der Waals surface area contributed by atoms with Crippen LogP contribution in [-0.4, -0.2) is 45.5 Å². The number of nitrogens with zero attached hydrogens (tertiary/aromatic N) is 1. The van der Waals surface area contributed by atoms with E-state index in [2.05, 4.69) is 9.64 Å². The third kappa shape index (κ3) is 7.64. The maximum absolute atomic E-state index is 13.4. The lowest BCUT2D eigenvalue weighted by atomic mass is 10.0. The summed E-state index contributed by atoms with van der Waals surface area (Å²) in [6.07, 6.45) is -7.93. The Kier molecular flexibility index (Phi) is 9.20. The first-order valence-corrected chi connectivity index (χ1v) is 12.5. The summed E-state index contributed by atoms with van der Waals surface area (Å²) >= 11 is 5.70. The van der Waals surface area contributed by atoms with E-state index in [1.165, 1.54) is 12.1 Å². The van der Waals surface area contributed by atoms with E-state index in [-0.39, 0.29) is 22.8 Å². The van der Waals surface area contributed by atoms with Crippen LogP contribution in [0.3, 0.4) is 0 Å². The van der Waals surface area contributed by atoms with Crippen LogP contribution in [0.2, 0.25) is 5.02 Å². The van der Waals surface area contributed by atoms with Crippen molar-refractivity contribution in [2.75, 3.05) is 23.7 Å². The largest absolute Gasteiger partial charge is 0.452 e. The molecule has 5 nitrogen and oxygen atoms in total. The quantitative estimate of drug-likeness (QED) is 0.406. The van der Waals surface area contributed by atoms with Crippen LogP contribution in [0.15, 0.2) is 47.4 Å². The molecule has 0 saturated carbocycles. The molecule has 2 rings (SSSR count). The molecule has 2 aromatic carbocycles. The standard InChI is InChI=1S/C23H27ClF3NO4S/c1-4-28(5-2)19-10-6-17(16(3)14-19)7-13-22(29)32-21(23(25,26)27)15-33(30,31)20-11-8-18(24)9-12-20/h6,8-12,14,21H,4-5,7,13,15H2,1-3H3. The average molecular weight is 506 g/mol. The van der Waals surface area contributed by atoms with E-state index in [1.807, 2.05) is 39.0 Å². The van der Waals surface area contributed by atoms with Crippen molar-refractivity contribution in [3.8, 4) is 0 Å². The van der Waals surface area contributed by atoms with Crippen LogP contribution in [-0.2, 0) is 25.8 Å². The summed E-state index contributed by atoms with van der Waals surface area (Å²) < 4.78 is 69.7. The minimum absolute atomic E-state index is 0.178. The second-order valence-corrected chi connectivity index (χ2v) is 10.0. The zero-order valence-electron chi connectivity index (χ0n) is 18.7. The van der Waals surface area contributed by atoms with Gasteiger partial charge in [0.05, 0.1) is 4.90 Å². The molecule has 1 unspecified atom stereocenters. The van der Waals surface area contributed by atoms with E-state index >= 15 is 0 Å². The molecule has 0 fully saturated rings. The van der Waals surface area contributed by atoms with Crippen LogP contribution < -0.4 is 4.90 Å². The molecule has 0 amide bonds. The maximum Gasteiger partial charge on any atom is 0.426 e. The number of hydrogen-bond donors (Lipinski definition) is 0. The zero-order chi connectivity index (χ0) is 24.8. The number of esters is 1. The third-order valence-corrected chi connectivity index (χ3v) is 7.22. The van der Waals surface area contributed by atoms with Gasteiger partial charge in [-0.2, -0.15) is 13.2 Å². The number of alkyl halides is 3. The number of anilines is 1. The molecule has 10 heteroatoms. The van der Waals surface area contributed by atoms with Crippen molar-refractivity contribution in [3.05, 3.63) is 58.6 Å². The van der Waals surface area contributed by atoms with Gasteiger partial charge in [-0.25, -0.2) is 8.42 Å². The highest BCUT2D eigenvalue weighted by atomic mass is 35.5. The van der Waals surface area contributed by atoms with Gasteiger partial charge in [0.25, 0.3) is 0 Å². The molecule has 0 heterocycles. The number of sulfone groups is 1. The lowest BCUT2D eigenvalue weighted by Crippen LogP contribution is -2.39. The van der Waals surface area contributed by atoms with Gasteiger partial charge >= 0.3 is 12.1 Å². The molecule has 0 aliphatic heterocycles. The second-order valence-electron chi connectivity index (χ2n) is 7.54. The maximum atomic E-state index is 13.4. The number of ether oxygens (including phenoxy) is 1. The molecule has 0 radical (unpaired) electrons. The number of halogens is 4. The highest BCUT2D eigenvalue weighted by molar-refractivity contribution is 7.91. The molecule has 0 bridgehead atoms. The minimum atomic E-state index is -5.03. The van der Waals surface area contributed by atoms with Crippen molar-refractivity contribution in [3.63, 3.8) is 0 Å². The second kappa shape index (κ2) is 11.2. The highest BCUT2D eigenvalue weighted by Crippen LogP contribution is 2.28. The molecule has 182 valence electrons. The summed E-state index contributed by atoms with van der Waals surface area (Å²) in [6, 6.07) is 10.4. The molecular formula is C23H27ClF3NO4S. The lowest BCUT2D eigenvalue weighted by molar-refractivity contribution is -0.215. The van der Waals surface area contributed by atoms with Gasteiger partial charge in [0.1, 0.15) is 5.75 Å². The van der Waals surface area contributed by atoms with E-state index in [0.29, 0.717) is 0 Å². The highest BCUT2D eigenvalue weighted by Gasteiger charge is 2.45. The van der Waals surface area contributed by atoms with E-state index in [4.69, 9.17) is 11.6 Å². The Labute approximate surface area is 197 Å². The Morgan fingerprint density at radius 3 is 2.21 bits per heavy atom. The predicted molar refractivity (Wildman–Crippen MR) is 123 cm³/mol. The van der Waals surface area contributed by atoms with E-state index in [9.17, 15) is 26.4 Å². The number of carbonyl (C=O) groups excluding carboxylic acids is 1. The smallest absolute Gasteiger partial charge is 0.426 e. The lowest BCUT2D eigenvalue weighted by Gasteiger charge is -2.22. The summed E-state index contributed by atoms with van der Waals surface area (Å²) in [5.41, 5.74) is 2.73. The number of rotatable bonds is 10. The molecule has 1 atom stereocenters. The molecule has 0 aromatic heterocycles. The van der Waals surface area contributed by atoms with Gasteiger partial charge in [-0.1, -0.05) is 17.7 Å². The summed E-state index contributed by atoms with van der Waals surface area (Å²) in [6.45, 7) is 7.60. The predicted octanol–water partition coefficient (Wildman–Crippen LogP) is 5.38. The average Bonchev–Trinajstić information content (AvgIpc) is 2.73. The zero-order valence-corrected chi connectivity index (χ0v) is 20.2. The van der Waals surface area contributed by atoms with Crippen molar-refractivity contribution in [2.24, 2.45) is 0 Å². The Balaban J connectivity index is 2.07. The van der Waals surface area contributed by atoms with Crippen LogP contribution in [0.1, 0.15) is 31.4 Å². The van der Waals surface area contributed by atoms with Crippen molar-refractivity contribution in [1.82, 2.24) is 0 Å². The van der Waals surface area contributed by atoms with Crippen LogP contribution in [0.5, 0.6) is 0 Å². The number of carbonyl (C=O) groups is 1. The molecule has 0 saturated heterocycles. The van der Waals surface area contributed by atoms with Gasteiger partial charge in [-0.05, 0) is 74.7 Å². The minimum Gasteiger partial charge on any atom is -0.452 e. The van der Waals surface area contributed by atoms with Gasteiger partial charge in [0, 0.05) is 30.2 Å². The van der Waals surface area contributed by atoms with Crippen LogP contribution in [0.25, 0.3) is 0 Å². The van der Waals surface area contributed by atoms with Crippen molar-refractivity contribution in [1.29, 1.82) is 0 Å². The monoisotopic (exact) mass is 505 g/mol. The van der Waals surface area contributed by atoms with Crippen LogP contribution in [0.4, 0.5) is 18.9 Å². The van der Waals surface area contributed by atoms with Crippen molar-refractivity contribution >= 4 is 33.1 Å². The molecule has 2 aromatic rings. The molecule has 33 heavy (non-hydrogen) atoms. The summed E-state index contributed by atoms with van der Waals surface area (Å²) in [7, 11) is -4.36. The fourth-order valence-corrected chi connectivity index (χ4v) is 4.86. The first-order valence-electron chi connectivity index (χ1n) is 10.5. The van der Waals surface area contributed by atoms with Crippen molar-refractivity contribution in [2.45, 2.75) is 50.8 Å². The fourth-order valence-electron chi connectivity index (χ4n) is 3.33. The van der Waals surface area contributed by atoms with Gasteiger partial charge in [0.2, 0.25) is 6.10 Å². The van der Waals surface area contributed by atoms with Gasteiger partial charge in [0.15, 0.2) is 9.84 Å². The molecule has 0 N–H and O–H groups in total. The number of benzene rings is 2. The van der Waals surface area contributed by atoms with E-state index in [0.717, 1.165) is 42.0 Å². The Morgan fingerprint density at radius 1 is 1.09 bits per heavy atom.